The molecule has 0 saturated heterocycles. The maximum absolute atomic E-state index is 13.2. The van der Waals surface area contributed by atoms with Crippen LogP contribution in [0.3, 0.4) is 0 Å². The minimum Gasteiger partial charge on any atom is -0.493 e. The highest BCUT2D eigenvalue weighted by Crippen LogP contribution is 2.36. The van der Waals surface area contributed by atoms with Gasteiger partial charge in [0.05, 0.1) is 31.5 Å². The van der Waals surface area contributed by atoms with Gasteiger partial charge in [-0.3, -0.25) is 9.89 Å². The molecule has 30 heavy (non-hydrogen) atoms. The standard InChI is InChI=1S/C24H29N3O3/c1-5-10-19-23(25-24(28)18(6-2)16-11-8-7-9-12-16)22(27-26-19)17-13-14-20(29-3)21(15-17)30-4/h7-9,11-15,18H,5-6,10H2,1-4H3,(H,25,28)(H,26,27)/t18-/m1/s1. The Morgan fingerprint density at radius 1 is 1.07 bits per heavy atom. The Morgan fingerprint density at radius 3 is 2.43 bits per heavy atom. The summed E-state index contributed by atoms with van der Waals surface area (Å²) in [5.41, 5.74) is 4.18. The van der Waals surface area contributed by atoms with Crippen molar-refractivity contribution >= 4 is 11.6 Å². The summed E-state index contributed by atoms with van der Waals surface area (Å²) >= 11 is 0. The number of carbonyl (C=O) groups is 1. The second-order valence-electron chi connectivity index (χ2n) is 7.11. The number of amides is 1. The highest BCUT2D eigenvalue weighted by molar-refractivity contribution is 5.99. The summed E-state index contributed by atoms with van der Waals surface area (Å²) in [5, 5.41) is 10.8. The van der Waals surface area contributed by atoms with E-state index in [1.807, 2.05) is 55.5 Å². The SMILES string of the molecule is CCCc1[nH]nc(-c2ccc(OC)c(OC)c2)c1NC(=O)[C@H](CC)c1ccccc1. The third kappa shape index (κ3) is 4.48. The average molecular weight is 408 g/mol. The molecule has 0 spiro atoms. The number of methoxy groups -OCH3 is 2. The van der Waals surface area contributed by atoms with Crippen LogP contribution in [0.5, 0.6) is 11.5 Å². The molecule has 0 aliphatic rings. The maximum atomic E-state index is 13.2. The number of nitrogens with one attached hydrogen (secondary N) is 2. The monoisotopic (exact) mass is 407 g/mol. The van der Waals surface area contributed by atoms with E-state index in [-0.39, 0.29) is 11.8 Å². The number of hydrogen-bond donors (Lipinski definition) is 2. The first-order valence-electron chi connectivity index (χ1n) is 10.3. The summed E-state index contributed by atoms with van der Waals surface area (Å²) < 4.78 is 10.8. The van der Waals surface area contributed by atoms with Crippen LogP contribution in [0.1, 0.15) is 43.9 Å². The van der Waals surface area contributed by atoms with E-state index in [9.17, 15) is 4.79 Å². The number of ether oxygens (including phenoxy) is 2. The van der Waals surface area contributed by atoms with Crippen LogP contribution >= 0.6 is 0 Å². The molecule has 0 radical (unpaired) electrons. The van der Waals surface area contributed by atoms with E-state index in [0.29, 0.717) is 23.6 Å². The molecular formula is C24H29N3O3. The van der Waals surface area contributed by atoms with Crippen molar-refractivity contribution in [1.29, 1.82) is 0 Å². The van der Waals surface area contributed by atoms with Gasteiger partial charge in [-0.05, 0) is 36.6 Å². The van der Waals surface area contributed by atoms with Gasteiger partial charge in [-0.2, -0.15) is 5.10 Å². The van der Waals surface area contributed by atoms with Crippen LogP contribution in [0.15, 0.2) is 48.5 Å². The van der Waals surface area contributed by atoms with Gasteiger partial charge in [0.15, 0.2) is 11.5 Å². The van der Waals surface area contributed by atoms with Gasteiger partial charge in [-0.1, -0.05) is 50.6 Å². The molecule has 1 aromatic heterocycles. The van der Waals surface area contributed by atoms with E-state index in [4.69, 9.17) is 9.47 Å². The predicted octanol–water partition coefficient (Wildman–Crippen LogP) is 5.18. The first-order valence-corrected chi connectivity index (χ1v) is 10.3. The number of aromatic amines is 1. The fraction of sp³-hybridized carbons (Fsp3) is 0.333. The highest BCUT2D eigenvalue weighted by Gasteiger charge is 2.23. The fourth-order valence-corrected chi connectivity index (χ4v) is 3.60. The Hall–Kier alpha value is -3.28. The van der Waals surface area contributed by atoms with Crippen molar-refractivity contribution < 1.29 is 14.3 Å². The minimum atomic E-state index is -0.228. The Bertz CT molecular complexity index is 983. The molecule has 1 atom stereocenters. The number of anilines is 1. The Kier molecular flexibility index (Phi) is 7.12. The van der Waals surface area contributed by atoms with Gasteiger partial charge in [0.25, 0.3) is 0 Å². The summed E-state index contributed by atoms with van der Waals surface area (Å²) in [4.78, 5) is 13.2. The summed E-state index contributed by atoms with van der Waals surface area (Å²) in [5.74, 6) is 0.993. The topological polar surface area (TPSA) is 76.2 Å². The molecule has 0 fully saturated rings. The number of hydrogen-bond acceptors (Lipinski definition) is 4. The van der Waals surface area contributed by atoms with E-state index in [0.717, 1.165) is 35.3 Å². The third-order valence-corrected chi connectivity index (χ3v) is 5.17. The molecular weight excluding hydrogens is 378 g/mol. The lowest BCUT2D eigenvalue weighted by atomic mass is 9.95. The molecule has 0 unspecified atom stereocenters. The number of aryl methyl sites for hydroxylation is 1. The number of aromatic nitrogens is 2. The van der Waals surface area contributed by atoms with Crippen LogP contribution in [0.25, 0.3) is 11.3 Å². The van der Waals surface area contributed by atoms with Crippen molar-refractivity contribution in [3.05, 3.63) is 59.8 Å². The number of nitrogens with zero attached hydrogens (tertiary/aromatic N) is 1. The van der Waals surface area contributed by atoms with Gasteiger partial charge in [0, 0.05) is 5.56 Å². The van der Waals surface area contributed by atoms with Crippen molar-refractivity contribution in [3.8, 4) is 22.8 Å². The summed E-state index contributed by atoms with van der Waals surface area (Å²) in [6, 6.07) is 15.5. The zero-order valence-corrected chi connectivity index (χ0v) is 18.0. The van der Waals surface area contributed by atoms with Gasteiger partial charge >= 0.3 is 0 Å². The first-order chi connectivity index (χ1) is 14.6. The van der Waals surface area contributed by atoms with Crippen molar-refractivity contribution in [1.82, 2.24) is 10.2 Å². The first kappa shape index (κ1) is 21.4. The van der Waals surface area contributed by atoms with E-state index < -0.39 is 0 Å². The smallest absolute Gasteiger partial charge is 0.232 e. The zero-order chi connectivity index (χ0) is 21.5. The molecule has 2 N–H and O–H groups in total. The van der Waals surface area contributed by atoms with Gasteiger partial charge < -0.3 is 14.8 Å². The second-order valence-corrected chi connectivity index (χ2v) is 7.11. The second kappa shape index (κ2) is 9.96. The normalized spacial score (nSPS) is 11.7. The van der Waals surface area contributed by atoms with Crippen LogP contribution in [0.4, 0.5) is 5.69 Å². The molecule has 1 heterocycles. The molecule has 158 valence electrons. The summed E-state index contributed by atoms with van der Waals surface area (Å²) in [6.07, 6.45) is 2.44. The van der Waals surface area contributed by atoms with E-state index in [1.54, 1.807) is 14.2 Å². The Morgan fingerprint density at radius 2 is 1.80 bits per heavy atom. The van der Waals surface area contributed by atoms with Crippen molar-refractivity contribution in [2.75, 3.05) is 19.5 Å². The van der Waals surface area contributed by atoms with Gasteiger partial charge in [0.1, 0.15) is 5.69 Å². The molecule has 3 aromatic rings. The van der Waals surface area contributed by atoms with Crippen molar-refractivity contribution in [2.24, 2.45) is 0 Å². The highest BCUT2D eigenvalue weighted by atomic mass is 16.5. The third-order valence-electron chi connectivity index (χ3n) is 5.17. The quantitative estimate of drug-likeness (QED) is 0.512. The van der Waals surface area contributed by atoms with Crippen LogP contribution in [0.2, 0.25) is 0 Å². The van der Waals surface area contributed by atoms with Gasteiger partial charge in [0.2, 0.25) is 5.91 Å². The van der Waals surface area contributed by atoms with Crippen LogP contribution in [-0.2, 0) is 11.2 Å². The van der Waals surface area contributed by atoms with Crippen molar-refractivity contribution in [3.63, 3.8) is 0 Å². The zero-order valence-electron chi connectivity index (χ0n) is 18.0. The Balaban J connectivity index is 1.98. The maximum Gasteiger partial charge on any atom is 0.232 e. The number of carbonyl (C=O) groups excluding carboxylic acids is 1. The van der Waals surface area contributed by atoms with E-state index in [1.165, 1.54) is 0 Å². The number of rotatable bonds is 9. The molecule has 0 aliphatic carbocycles. The Labute approximate surface area is 177 Å². The summed E-state index contributed by atoms with van der Waals surface area (Å²) in [7, 11) is 3.20. The molecule has 1 amide bonds. The lowest BCUT2D eigenvalue weighted by Gasteiger charge is -2.16. The largest absolute Gasteiger partial charge is 0.493 e. The van der Waals surface area contributed by atoms with Crippen LogP contribution in [0, 0.1) is 0 Å². The fourth-order valence-electron chi connectivity index (χ4n) is 3.60. The molecule has 3 rings (SSSR count). The van der Waals surface area contributed by atoms with E-state index in [2.05, 4.69) is 22.4 Å². The minimum absolute atomic E-state index is 0.0378. The summed E-state index contributed by atoms with van der Waals surface area (Å²) in [6.45, 7) is 4.12. The molecule has 0 aliphatic heterocycles. The lowest BCUT2D eigenvalue weighted by molar-refractivity contribution is -0.117. The van der Waals surface area contributed by atoms with Gasteiger partial charge in [-0.25, -0.2) is 0 Å². The molecule has 6 heteroatoms. The van der Waals surface area contributed by atoms with Crippen molar-refractivity contribution in [2.45, 2.75) is 39.0 Å². The van der Waals surface area contributed by atoms with Gasteiger partial charge in [-0.15, -0.1) is 0 Å². The molecule has 2 aromatic carbocycles. The van der Waals surface area contributed by atoms with Crippen LogP contribution in [-0.4, -0.2) is 30.3 Å². The van der Waals surface area contributed by atoms with Crippen LogP contribution < -0.4 is 14.8 Å². The molecule has 0 saturated carbocycles. The predicted molar refractivity (Wildman–Crippen MR) is 119 cm³/mol. The molecule has 6 nitrogen and oxygen atoms in total. The van der Waals surface area contributed by atoms with E-state index >= 15 is 0 Å². The lowest BCUT2D eigenvalue weighted by Crippen LogP contribution is -2.21. The number of H-pyrrole nitrogens is 1. The average Bonchev–Trinajstić information content (AvgIpc) is 3.17. The molecule has 0 bridgehead atoms. The number of benzene rings is 2.